The van der Waals surface area contributed by atoms with Gasteiger partial charge in [0.05, 0.1) is 11.6 Å². The Morgan fingerprint density at radius 3 is 2.55 bits per heavy atom. The molecule has 1 fully saturated rings. The number of hydrogen-bond acceptors (Lipinski definition) is 3. The maximum absolute atomic E-state index is 14.1. The molecule has 1 unspecified atom stereocenters. The van der Waals surface area contributed by atoms with Gasteiger partial charge in [-0.05, 0) is 37.7 Å². The van der Waals surface area contributed by atoms with Crippen LogP contribution < -0.4 is 11.3 Å². The molecule has 0 saturated heterocycles. The normalized spacial score (nSPS) is 28.4. The third-order valence-corrected chi connectivity index (χ3v) is 4.51. The van der Waals surface area contributed by atoms with Gasteiger partial charge in [-0.1, -0.05) is 19.1 Å². The average Bonchev–Trinajstić information content (AvgIpc) is 2.46. The van der Waals surface area contributed by atoms with Crippen molar-refractivity contribution in [3.8, 4) is 0 Å². The number of hydrogen-bond donors (Lipinski definition) is 2. The number of nitrogens with two attached hydrogens (primary N) is 1. The quantitative estimate of drug-likeness (QED) is 0.660. The van der Waals surface area contributed by atoms with E-state index in [1.165, 1.54) is 6.07 Å². The van der Waals surface area contributed by atoms with Crippen molar-refractivity contribution in [1.29, 1.82) is 0 Å². The van der Waals surface area contributed by atoms with Crippen LogP contribution in [-0.2, 0) is 4.74 Å². The van der Waals surface area contributed by atoms with Crippen molar-refractivity contribution in [2.45, 2.75) is 44.2 Å². The van der Waals surface area contributed by atoms with Gasteiger partial charge in [-0.2, -0.15) is 0 Å². The van der Waals surface area contributed by atoms with Gasteiger partial charge in [0.15, 0.2) is 11.6 Å². The van der Waals surface area contributed by atoms with E-state index in [1.54, 1.807) is 13.2 Å². The van der Waals surface area contributed by atoms with Gasteiger partial charge in [0.1, 0.15) is 0 Å². The summed E-state index contributed by atoms with van der Waals surface area (Å²) in [5.74, 6) is 4.53. The maximum Gasteiger partial charge on any atom is 0.163 e. The van der Waals surface area contributed by atoms with Gasteiger partial charge in [0.25, 0.3) is 0 Å². The van der Waals surface area contributed by atoms with E-state index in [4.69, 9.17) is 10.6 Å². The average molecular weight is 284 g/mol. The van der Waals surface area contributed by atoms with E-state index in [2.05, 4.69) is 12.3 Å². The van der Waals surface area contributed by atoms with Gasteiger partial charge in [-0.3, -0.25) is 5.84 Å². The Bertz CT molecular complexity index is 459. The first-order valence-electron chi connectivity index (χ1n) is 6.99. The second-order valence-electron chi connectivity index (χ2n) is 5.69. The second-order valence-corrected chi connectivity index (χ2v) is 5.69. The lowest BCUT2D eigenvalue weighted by atomic mass is 9.73. The number of ether oxygens (including phenoxy) is 1. The summed E-state index contributed by atoms with van der Waals surface area (Å²) >= 11 is 0. The zero-order valence-electron chi connectivity index (χ0n) is 12.0. The SMILES string of the molecule is COC1(C(NN)c2cccc(F)c2F)CCC(C)CC1. The molecule has 1 aliphatic carbocycles. The van der Waals surface area contributed by atoms with Crippen LogP contribution in [-0.4, -0.2) is 12.7 Å². The number of rotatable bonds is 4. The van der Waals surface area contributed by atoms with E-state index < -0.39 is 23.3 Å². The summed E-state index contributed by atoms with van der Waals surface area (Å²) in [7, 11) is 1.61. The highest BCUT2D eigenvalue weighted by atomic mass is 19.2. The van der Waals surface area contributed by atoms with Crippen LogP contribution in [0, 0.1) is 17.6 Å². The number of methoxy groups -OCH3 is 1. The third kappa shape index (κ3) is 2.71. The van der Waals surface area contributed by atoms with Crippen LogP contribution in [0.25, 0.3) is 0 Å². The van der Waals surface area contributed by atoms with Crippen molar-refractivity contribution in [3.05, 3.63) is 35.4 Å². The lowest BCUT2D eigenvalue weighted by Crippen LogP contribution is -2.50. The number of nitrogens with one attached hydrogen (secondary N) is 1. The second kappa shape index (κ2) is 6.16. The molecule has 20 heavy (non-hydrogen) atoms. The number of halogens is 2. The van der Waals surface area contributed by atoms with Gasteiger partial charge in [-0.25, -0.2) is 14.2 Å². The molecular formula is C15H22F2N2O. The van der Waals surface area contributed by atoms with E-state index >= 15 is 0 Å². The van der Waals surface area contributed by atoms with E-state index in [1.807, 2.05) is 0 Å². The highest BCUT2D eigenvalue weighted by Crippen LogP contribution is 2.43. The molecule has 0 spiro atoms. The third-order valence-electron chi connectivity index (χ3n) is 4.51. The van der Waals surface area contributed by atoms with Crippen molar-refractivity contribution in [2.24, 2.45) is 11.8 Å². The summed E-state index contributed by atoms with van der Waals surface area (Å²) < 4.78 is 33.2. The molecule has 1 saturated carbocycles. The predicted molar refractivity (Wildman–Crippen MR) is 73.8 cm³/mol. The van der Waals surface area contributed by atoms with Crippen LogP contribution in [0.1, 0.15) is 44.2 Å². The van der Waals surface area contributed by atoms with Crippen molar-refractivity contribution in [2.75, 3.05) is 7.11 Å². The monoisotopic (exact) mass is 284 g/mol. The highest BCUT2D eigenvalue weighted by molar-refractivity contribution is 5.25. The standard InChI is InChI=1S/C15H22F2N2O/c1-10-6-8-15(20-2,9-7-10)14(19-18)11-4-3-5-12(16)13(11)17/h3-5,10,14,19H,6-9,18H2,1-2H3. The Morgan fingerprint density at radius 2 is 2.00 bits per heavy atom. The topological polar surface area (TPSA) is 47.3 Å². The molecule has 3 nitrogen and oxygen atoms in total. The van der Waals surface area contributed by atoms with Gasteiger partial charge in [0.2, 0.25) is 0 Å². The molecule has 1 aliphatic rings. The van der Waals surface area contributed by atoms with E-state index in [9.17, 15) is 8.78 Å². The summed E-state index contributed by atoms with van der Waals surface area (Å²) in [6, 6.07) is 3.60. The van der Waals surface area contributed by atoms with Crippen LogP contribution in [0.15, 0.2) is 18.2 Å². The summed E-state index contributed by atoms with van der Waals surface area (Å²) in [6.07, 6.45) is 3.52. The molecule has 112 valence electrons. The lowest BCUT2D eigenvalue weighted by Gasteiger charge is -2.44. The molecule has 0 radical (unpaired) electrons. The van der Waals surface area contributed by atoms with Crippen molar-refractivity contribution in [1.82, 2.24) is 5.43 Å². The Balaban J connectivity index is 2.37. The zero-order valence-corrected chi connectivity index (χ0v) is 12.0. The van der Waals surface area contributed by atoms with Crippen LogP contribution in [0.5, 0.6) is 0 Å². The van der Waals surface area contributed by atoms with Crippen LogP contribution in [0.3, 0.4) is 0 Å². The molecule has 1 aromatic rings. The molecule has 0 amide bonds. The van der Waals surface area contributed by atoms with Gasteiger partial charge in [-0.15, -0.1) is 0 Å². The first kappa shape index (κ1) is 15.4. The molecule has 3 N–H and O–H groups in total. The van der Waals surface area contributed by atoms with E-state index in [0.717, 1.165) is 31.7 Å². The van der Waals surface area contributed by atoms with Crippen molar-refractivity contribution >= 4 is 0 Å². The highest BCUT2D eigenvalue weighted by Gasteiger charge is 2.43. The van der Waals surface area contributed by atoms with Gasteiger partial charge in [0, 0.05) is 12.7 Å². The van der Waals surface area contributed by atoms with Gasteiger partial charge >= 0.3 is 0 Å². The largest absolute Gasteiger partial charge is 0.376 e. The predicted octanol–water partition coefficient (Wildman–Crippen LogP) is 3.06. The molecule has 0 bridgehead atoms. The van der Waals surface area contributed by atoms with E-state index in [-0.39, 0.29) is 5.56 Å². The first-order valence-corrected chi connectivity index (χ1v) is 6.99. The number of hydrazine groups is 1. The smallest absolute Gasteiger partial charge is 0.163 e. The molecule has 1 aromatic carbocycles. The molecule has 2 rings (SSSR count). The zero-order chi connectivity index (χ0) is 14.8. The minimum absolute atomic E-state index is 0.226. The molecule has 0 heterocycles. The fraction of sp³-hybridized carbons (Fsp3) is 0.600. The fourth-order valence-corrected chi connectivity index (χ4v) is 3.13. The molecule has 0 aliphatic heterocycles. The Hall–Kier alpha value is -1.04. The molecule has 1 atom stereocenters. The van der Waals surface area contributed by atoms with Crippen molar-refractivity contribution in [3.63, 3.8) is 0 Å². The Labute approximate surface area is 118 Å². The summed E-state index contributed by atoms with van der Waals surface area (Å²) in [5.41, 5.74) is 2.27. The molecule has 5 heteroatoms. The molecule has 0 aromatic heterocycles. The summed E-state index contributed by atoms with van der Waals surface area (Å²) in [6.45, 7) is 2.19. The van der Waals surface area contributed by atoms with Crippen LogP contribution in [0.2, 0.25) is 0 Å². The maximum atomic E-state index is 14.1. The lowest BCUT2D eigenvalue weighted by molar-refractivity contribution is -0.0769. The van der Waals surface area contributed by atoms with Crippen molar-refractivity contribution < 1.29 is 13.5 Å². The fourth-order valence-electron chi connectivity index (χ4n) is 3.13. The van der Waals surface area contributed by atoms with Crippen LogP contribution >= 0.6 is 0 Å². The molecular weight excluding hydrogens is 262 g/mol. The summed E-state index contributed by atoms with van der Waals surface area (Å²) in [5, 5.41) is 0. The minimum Gasteiger partial charge on any atom is -0.376 e. The summed E-state index contributed by atoms with van der Waals surface area (Å²) in [4.78, 5) is 0. The Morgan fingerprint density at radius 1 is 1.35 bits per heavy atom. The Kier molecular flexibility index (Phi) is 4.73. The van der Waals surface area contributed by atoms with Gasteiger partial charge < -0.3 is 4.74 Å². The van der Waals surface area contributed by atoms with Crippen LogP contribution in [0.4, 0.5) is 8.78 Å². The first-order chi connectivity index (χ1) is 9.54. The minimum atomic E-state index is -0.863. The van der Waals surface area contributed by atoms with E-state index in [0.29, 0.717) is 5.92 Å². The number of benzene rings is 1.